The van der Waals surface area contributed by atoms with Crippen molar-refractivity contribution in [1.82, 2.24) is 0 Å². The summed E-state index contributed by atoms with van der Waals surface area (Å²) in [7, 11) is 0. The third-order valence-electron chi connectivity index (χ3n) is 6.35. The van der Waals surface area contributed by atoms with Crippen molar-refractivity contribution in [2.45, 2.75) is 19.8 Å². The summed E-state index contributed by atoms with van der Waals surface area (Å²) in [5, 5.41) is 0. The number of hydrogen-bond donors (Lipinski definition) is 0. The van der Waals surface area contributed by atoms with Gasteiger partial charge in [0.05, 0.1) is 11.1 Å². The van der Waals surface area contributed by atoms with E-state index in [1.165, 1.54) is 0 Å². The van der Waals surface area contributed by atoms with Crippen LogP contribution >= 0.6 is 0 Å². The van der Waals surface area contributed by atoms with Gasteiger partial charge in [-0.25, -0.2) is 9.59 Å². The van der Waals surface area contributed by atoms with Gasteiger partial charge >= 0.3 is 11.9 Å². The molecule has 0 fully saturated rings. The molecule has 5 aromatic rings. The second-order valence-electron chi connectivity index (χ2n) is 9.17. The van der Waals surface area contributed by atoms with Crippen LogP contribution in [0.1, 0.15) is 37.4 Å². The Kier molecular flexibility index (Phi) is 8.64. The summed E-state index contributed by atoms with van der Waals surface area (Å²) >= 11 is 0. The van der Waals surface area contributed by atoms with Gasteiger partial charge in [0.25, 0.3) is 0 Å². The topological polar surface area (TPSA) is 61.8 Å². The zero-order valence-electron chi connectivity index (χ0n) is 21.9. The fourth-order valence-electron chi connectivity index (χ4n) is 4.21. The maximum atomic E-state index is 12.6. The van der Waals surface area contributed by atoms with E-state index in [9.17, 15) is 9.59 Å². The van der Waals surface area contributed by atoms with Crippen LogP contribution < -0.4 is 4.74 Å². The fraction of sp³-hybridized carbons (Fsp3) is 0.0857. The molecule has 0 radical (unpaired) electrons. The Morgan fingerprint density at radius 2 is 1.02 bits per heavy atom. The minimum Gasteiger partial charge on any atom is -0.489 e. The first kappa shape index (κ1) is 26.4. The summed E-state index contributed by atoms with van der Waals surface area (Å²) in [5.74, 6) is -0.0926. The van der Waals surface area contributed by atoms with E-state index in [4.69, 9.17) is 14.2 Å². The largest absolute Gasteiger partial charge is 0.489 e. The molecule has 5 heteroatoms. The van der Waals surface area contributed by atoms with Gasteiger partial charge in [-0.2, -0.15) is 0 Å². The number of ether oxygens (including phenoxy) is 3. The van der Waals surface area contributed by atoms with Crippen molar-refractivity contribution in [3.63, 3.8) is 0 Å². The molecule has 0 N–H and O–H groups in total. The van der Waals surface area contributed by atoms with Gasteiger partial charge < -0.3 is 14.2 Å². The molecular formula is C35H28O5. The molecule has 0 saturated carbocycles. The highest BCUT2D eigenvalue weighted by Crippen LogP contribution is 2.25. The van der Waals surface area contributed by atoms with Gasteiger partial charge in [0.1, 0.15) is 25.6 Å². The molecular weight excluding hydrogens is 500 g/mol. The van der Waals surface area contributed by atoms with Crippen LogP contribution in [0, 0.1) is 0 Å². The standard InChI is InChI=1S/C35H28O5/c36-34(28-13-6-2-7-14-28)39-24-31-20-19-26(21-32(31)25-40-35(37)29-15-8-3-9-16-29)23-38-33-18-10-17-30(22-33)27-11-4-1-5-12-27/h1-22H,23-25H2. The first-order chi connectivity index (χ1) is 19.7. The highest BCUT2D eigenvalue weighted by atomic mass is 16.5. The van der Waals surface area contributed by atoms with Crippen LogP contribution in [0.3, 0.4) is 0 Å². The molecule has 0 aliphatic rings. The molecule has 5 aromatic carbocycles. The second-order valence-corrected chi connectivity index (χ2v) is 9.17. The predicted octanol–water partition coefficient (Wildman–Crippen LogP) is 7.65. The Balaban J connectivity index is 1.30. The molecule has 0 aliphatic heterocycles. The number of carbonyl (C=O) groups is 2. The van der Waals surface area contributed by atoms with Crippen LogP contribution in [0.25, 0.3) is 11.1 Å². The normalized spacial score (nSPS) is 10.5. The quantitative estimate of drug-likeness (QED) is 0.174. The Morgan fingerprint density at radius 3 is 1.65 bits per heavy atom. The van der Waals surface area contributed by atoms with Gasteiger partial charge in [-0.15, -0.1) is 0 Å². The van der Waals surface area contributed by atoms with Crippen LogP contribution in [0.4, 0.5) is 0 Å². The van der Waals surface area contributed by atoms with Gasteiger partial charge in [0, 0.05) is 0 Å². The summed E-state index contributed by atoms with van der Waals surface area (Å²) in [6.07, 6.45) is 0. The van der Waals surface area contributed by atoms with Crippen molar-refractivity contribution in [2.75, 3.05) is 0 Å². The fourth-order valence-corrected chi connectivity index (χ4v) is 4.21. The average Bonchev–Trinajstić information content (AvgIpc) is 3.03. The minimum absolute atomic E-state index is 0.0310. The SMILES string of the molecule is O=C(OCc1ccc(COc2cccc(-c3ccccc3)c2)cc1COC(=O)c1ccccc1)c1ccccc1. The average molecular weight is 529 g/mol. The molecule has 0 saturated heterocycles. The summed E-state index contributed by atoms with van der Waals surface area (Å²) in [6, 6.07) is 41.5. The summed E-state index contributed by atoms with van der Waals surface area (Å²) in [6.45, 7) is 0.400. The molecule has 0 heterocycles. The Hall–Kier alpha value is -5.16. The minimum atomic E-state index is -0.424. The van der Waals surface area contributed by atoms with E-state index in [1.54, 1.807) is 48.5 Å². The van der Waals surface area contributed by atoms with E-state index in [1.807, 2.05) is 72.8 Å². The van der Waals surface area contributed by atoms with Crippen LogP contribution in [0.5, 0.6) is 5.75 Å². The lowest BCUT2D eigenvalue weighted by Gasteiger charge is -2.14. The zero-order chi connectivity index (χ0) is 27.6. The van der Waals surface area contributed by atoms with Crippen LogP contribution in [-0.4, -0.2) is 11.9 Å². The molecule has 0 bridgehead atoms. The van der Waals surface area contributed by atoms with Crippen LogP contribution in [0.2, 0.25) is 0 Å². The molecule has 0 atom stereocenters. The summed E-state index contributed by atoms with van der Waals surface area (Å²) < 4.78 is 17.3. The third-order valence-corrected chi connectivity index (χ3v) is 6.35. The van der Waals surface area contributed by atoms with Gasteiger partial charge in [0.15, 0.2) is 0 Å². The number of esters is 2. The molecule has 0 spiro atoms. The van der Waals surface area contributed by atoms with Crippen molar-refractivity contribution in [3.05, 3.63) is 161 Å². The van der Waals surface area contributed by atoms with Crippen molar-refractivity contribution in [2.24, 2.45) is 0 Å². The molecule has 5 nitrogen and oxygen atoms in total. The van der Waals surface area contributed by atoms with Crippen molar-refractivity contribution >= 4 is 11.9 Å². The Bertz CT molecular complexity index is 1560. The molecule has 0 amide bonds. The summed E-state index contributed by atoms with van der Waals surface area (Å²) in [4.78, 5) is 25.1. The molecule has 198 valence electrons. The molecule has 0 aromatic heterocycles. The molecule has 40 heavy (non-hydrogen) atoms. The van der Waals surface area contributed by atoms with Gasteiger partial charge in [-0.3, -0.25) is 0 Å². The number of benzene rings is 5. The second kappa shape index (κ2) is 13.1. The smallest absolute Gasteiger partial charge is 0.338 e. The van der Waals surface area contributed by atoms with Gasteiger partial charge in [0.2, 0.25) is 0 Å². The van der Waals surface area contributed by atoms with E-state index in [0.29, 0.717) is 17.7 Å². The first-order valence-corrected chi connectivity index (χ1v) is 13.0. The molecule has 0 unspecified atom stereocenters. The van der Waals surface area contributed by atoms with E-state index in [2.05, 4.69) is 12.1 Å². The lowest BCUT2D eigenvalue weighted by molar-refractivity contribution is 0.0435. The van der Waals surface area contributed by atoms with E-state index in [-0.39, 0.29) is 13.2 Å². The van der Waals surface area contributed by atoms with Gasteiger partial charge in [-0.1, -0.05) is 91.0 Å². The van der Waals surface area contributed by atoms with Crippen molar-refractivity contribution in [3.8, 4) is 16.9 Å². The van der Waals surface area contributed by atoms with Crippen LogP contribution in [0.15, 0.2) is 133 Å². The maximum absolute atomic E-state index is 12.6. The predicted molar refractivity (Wildman–Crippen MR) is 154 cm³/mol. The van der Waals surface area contributed by atoms with Crippen molar-refractivity contribution < 1.29 is 23.8 Å². The number of hydrogen-bond acceptors (Lipinski definition) is 5. The Morgan fingerprint density at radius 1 is 0.475 bits per heavy atom. The molecule has 0 aliphatic carbocycles. The first-order valence-electron chi connectivity index (χ1n) is 13.0. The van der Waals surface area contributed by atoms with Crippen LogP contribution in [-0.2, 0) is 29.3 Å². The number of carbonyl (C=O) groups excluding carboxylic acids is 2. The third kappa shape index (κ3) is 7.03. The lowest BCUT2D eigenvalue weighted by atomic mass is 10.0. The maximum Gasteiger partial charge on any atom is 0.338 e. The molecule has 5 rings (SSSR count). The van der Waals surface area contributed by atoms with E-state index >= 15 is 0 Å². The van der Waals surface area contributed by atoms with Crippen molar-refractivity contribution in [1.29, 1.82) is 0 Å². The monoisotopic (exact) mass is 528 g/mol. The summed E-state index contributed by atoms with van der Waals surface area (Å²) in [5.41, 5.74) is 5.52. The van der Waals surface area contributed by atoms with E-state index in [0.717, 1.165) is 33.6 Å². The zero-order valence-corrected chi connectivity index (χ0v) is 21.9. The highest BCUT2D eigenvalue weighted by Gasteiger charge is 2.13. The highest BCUT2D eigenvalue weighted by molar-refractivity contribution is 5.89. The van der Waals surface area contributed by atoms with Gasteiger partial charge in [-0.05, 0) is 70.3 Å². The Labute approximate surface area is 233 Å². The lowest BCUT2D eigenvalue weighted by Crippen LogP contribution is -2.10. The number of rotatable bonds is 10. The van der Waals surface area contributed by atoms with E-state index < -0.39 is 11.9 Å².